The summed E-state index contributed by atoms with van der Waals surface area (Å²) >= 11 is 0. The smallest absolute Gasteiger partial charge is 0.236 e. The Morgan fingerprint density at radius 1 is 0.971 bits per heavy atom. The molecule has 0 bridgehead atoms. The van der Waals surface area contributed by atoms with Crippen molar-refractivity contribution in [3.05, 3.63) is 83.4 Å². The minimum atomic E-state index is -3.49. The first-order chi connectivity index (χ1) is 16.5. The Morgan fingerprint density at radius 3 is 2.44 bits per heavy atom. The van der Waals surface area contributed by atoms with E-state index in [2.05, 4.69) is 29.4 Å². The van der Waals surface area contributed by atoms with E-state index in [1.54, 1.807) is 6.08 Å². The number of nitrogens with one attached hydrogen (secondary N) is 1. The van der Waals surface area contributed by atoms with Gasteiger partial charge in [0.2, 0.25) is 15.9 Å². The number of aromatic amines is 1. The zero-order chi connectivity index (χ0) is 23.5. The molecule has 0 unspecified atom stereocenters. The first-order valence-electron chi connectivity index (χ1n) is 11.8. The van der Waals surface area contributed by atoms with Gasteiger partial charge in [0, 0.05) is 60.2 Å². The summed E-state index contributed by atoms with van der Waals surface area (Å²) < 4.78 is 26.9. The van der Waals surface area contributed by atoms with Crippen LogP contribution in [0.2, 0.25) is 0 Å². The quantitative estimate of drug-likeness (QED) is 0.591. The number of nitrogens with zero attached hydrogens (tertiary/aromatic N) is 2. The van der Waals surface area contributed by atoms with Crippen LogP contribution < -0.4 is 0 Å². The normalized spacial score (nSPS) is 18.5. The summed E-state index contributed by atoms with van der Waals surface area (Å²) in [7, 11) is -3.49. The first-order valence-corrected chi connectivity index (χ1v) is 13.3. The molecule has 1 N–H and O–H groups in total. The van der Waals surface area contributed by atoms with Crippen molar-refractivity contribution in [1.82, 2.24) is 14.2 Å². The molecule has 2 aromatic carbocycles. The molecular weight excluding hydrogens is 446 g/mol. The van der Waals surface area contributed by atoms with Crippen molar-refractivity contribution in [2.75, 3.05) is 26.2 Å². The number of benzene rings is 2. The molecular formula is C27H29N3O3S. The Kier molecular flexibility index (Phi) is 6.39. The van der Waals surface area contributed by atoms with Crippen LogP contribution in [0, 0.1) is 5.92 Å². The molecule has 2 aliphatic rings. The van der Waals surface area contributed by atoms with Crippen LogP contribution in [0.5, 0.6) is 0 Å². The summed E-state index contributed by atoms with van der Waals surface area (Å²) in [4.78, 5) is 18.4. The highest BCUT2D eigenvalue weighted by Gasteiger charge is 2.32. The number of aromatic nitrogens is 1. The zero-order valence-electron chi connectivity index (χ0n) is 19.1. The molecule has 0 radical (unpaired) electrons. The van der Waals surface area contributed by atoms with E-state index in [-0.39, 0.29) is 11.8 Å². The lowest BCUT2D eigenvalue weighted by Crippen LogP contribution is -2.45. The Balaban J connectivity index is 1.17. The van der Waals surface area contributed by atoms with Crippen molar-refractivity contribution in [2.24, 2.45) is 5.92 Å². The SMILES string of the molecule is O=C(C1CCN(S(=O)(=O)/C=C/c2ccccc2)CC1)N1CC=C(c2c[nH]c3ccccc23)CC1. The van der Waals surface area contributed by atoms with Gasteiger partial charge < -0.3 is 9.88 Å². The van der Waals surface area contributed by atoms with Gasteiger partial charge in [-0.25, -0.2) is 8.42 Å². The number of piperidine rings is 1. The lowest BCUT2D eigenvalue weighted by atomic mass is 9.94. The van der Waals surface area contributed by atoms with Crippen LogP contribution in [-0.4, -0.2) is 54.7 Å². The Morgan fingerprint density at radius 2 is 1.71 bits per heavy atom. The second-order valence-corrected chi connectivity index (χ2v) is 10.8. The third kappa shape index (κ3) is 4.72. The van der Waals surface area contributed by atoms with Crippen molar-refractivity contribution in [1.29, 1.82) is 0 Å². The van der Waals surface area contributed by atoms with Crippen molar-refractivity contribution in [3.8, 4) is 0 Å². The van der Waals surface area contributed by atoms with Gasteiger partial charge in [0.15, 0.2) is 0 Å². The third-order valence-electron chi connectivity index (χ3n) is 6.85. The van der Waals surface area contributed by atoms with Crippen LogP contribution in [0.3, 0.4) is 0 Å². The van der Waals surface area contributed by atoms with E-state index in [0.29, 0.717) is 39.0 Å². The molecule has 0 atom stereocenters. The molecule has 7 heteroatoms. The highest BCUT2D eigenvalue weighted by atomic mass is 32.2. The largest absolute Gasteiger partial charge is 0.361 e. The maximum atomic E-state index is 13.1. The van der Waals surface area contributed by atoms with Crippen LogP contribution in [0.25, 0.3) is 22.6 Å². The second-order valence-electron chi connectivity index (χ2n) is 8.94. The average Bonchev–Trinajstić information content (AvgIpc) is 3.32. The number of carbonyl (C=O) groups excluding carboxylic acids is 1. The van der Waals surface area contributed by atoms with E-state index in [0.717, 1.165) is 17.5 Å². The molecule has 3 aromatic rings. The van der Waals surface area contributed by atoms with Gasteiger partial charge in [-0.1, -0.05) is 54.6 Å². The Hall–Kier alpha value is -3.16. The van der Waals surface area contributed by atoms with Gasteiger partial charge in [0.1, 0.15) is 0 Å². The maximum absolute atomic E-state index is 13.1. The van der Waals surface area contributed by atoms with Gasteiger partial charge >= 0.3 is 0 Å². The molecule has 1 saturated heterocycles. The fraction of sp³-hybridized carbons (Fsp3) is 0.296. The monoisotopic (exact) mass is 475 g/mol. The van der Waals surface area contributed by atoms with Crippen molar-refractivity contribution in [3.63, 3.8) is 0 Å². The van der Waals surface area contributed by atoms with Gasteiger partial charge in [-0.2, -0.15) is 4.31 Å². The number of hydrogen-bond donors (Lipinski definition) is 1. The molecule has 176 valence electrons. The Bertz CT molecular complexity index is 1330. The van der Waals surface area contributed by atoms with E-state index in [1.807, 2.05) is 47.4 Å². The van der Waals surface area contributed by atoms with E-state index in [9.17, 15) is 13.2 Å². The summed E-state index contributed by atoms with van der Waals surface area (Å²) in [5.41, 5.74) is 4.45. The summed E-state index contributed by atoms with van der Waals surface area (Å²) in [6.07, 6.45) is 7.78. The van der Waals surface area contributed by atoms with E-state index < -0.39 is 10.0 Å². The molecule has 2 aliphatic heterocycles. The summed E-state index contributed by atoms with van der Waals surface area (Å²) in [6, 6.07) is 17.7. The standard InChI is InChI=1S/C27H29N3O3S/c31-27(29-15-10-22(11-16-29)25-20-28-26-9-5-4-8-24(25)26)23-12-17-30(18-13-23)34(32,33)19-14-21-6-2-1-3-7-21/h1-10,14,19-20,23,28H,11-13,15-18H2/b19-14+. The number of fused-ring (bicyclic) bond motifs is 1. The molecule has 0 aliphatic carbocycles. The van der Waals surface area contributed by atoms with Crippen molar-refractivity contribution < 1.29 is 13.2 Å². The minimum absolute atomic E-state index is 0.118. The highest BCUT2D eigenvalue weighted by Crippen LogP contribution is 2.30. The van der Waals surface area contributed by atoms with Crippen molar-refractivity contribution >= 4 is 38.5 Å². The lowest BCUT2D eigenvalue weighted by molar-refractivity contribution is -0.136. The van der Waals surface area contributed by atoms with Crippen molar-refractivity contribution in [2.45, 2.75) is 19.3 Å². The van der Waals surface area contributed by atoms with Crippen LogP contribution in [0.1, 0.15) is 30.4 Å². The number of H-pyrrole nitrogens is 1. The third-order valence-corrected chi connectivity index (χ3v) is 8.42. The fourth-order valence-electron chi connectivity index (χ4n) is 4.88. The molecule has 0 saturated carbocycles. The molecule has 1 aromatic heterocycles. The van der Waals surface area contributed by atoms with E-state index >= 15 is 0 Å². The predicted octanol–water partition coefficient (Wildman–Crippen LogP) is 4.50. The number of carbonyl (C=O) groups is 1. The zero-order valence-corrected chi connectivity index (χ0v) is 19.9. The minimum Gasteiger partial charge on any atom is -0.361 e. The van der Waals surface area contributed by atoms with E-state index in [1.165, 1.54) is 26.2 Å². The molecule has 34 heavy (non-hydrogen) atoms. The number of hydrogen-bond acceptors (Lipinski definition) is 3. The highest BCUT2D eigenvalue weighted by molar-refractivity contribution is 7.92. The van der Waals surface area contributed by atoms with E-state index in [4.69, 9.17) is 0 Å². The molecule has 0 spiro atoms. The summed E-state index contributed by atoms with van der Waals surface area (Å²) in [5, 5.41) is 2.48. The molecule has 1 amide bonds. The number of rotatable bonds is 5. The fourth-order valence-corrected chi connectivity index (χ4v) is 6.10. The number of sulfonamides is 1. The maximum Gasteiger partial charge on any atom is 0.236 e. The summed E-state index contributed by atoms with van der Waals surface area (Å²) in [6.45, 7) is 2.05. The molecule has 3 heterocycles. The molecule has 5 rings (SSSR count). The average molecular weight is 476 g/mol. The molecule has 1 fully saturated rings. The Labute approximate surface area is 200 Å². The van der Waals surface area contributed by atoms with Gasteiger partial charge in [0.05, 0.1) is 0 Å². The lowest BCUT2D eigenvalue weighted by Gasteiger charge is -2.34. The predicted molar refractivity (Wildman–Crippen MR) is 136 cm³/mol. The second kappa shape index (κ2) is 9.60. The first kappa shape index (κ1) is 22.6. The van der Waals surface area contributed by atoms with Crippen LogP contribution in [0.4, 0.5) is 0 Å². The van der Waals surface area contributed by atoms with Crippen LogP contribution in [-0.2, 0) is 14.8 Å². The summed E-state index contributed by atoms with van der Waals surface area (Å²) in [5.74, 6) is 0.0266. The number of para-hydroxylation sites is 1. The van der Waals surface area contributed by atoms with Gasteiger partial charge in [-0.15, -0.1) is 0 Å². The topological polar surface area (TPSA) is 73.5 Å². The van der Waals surface area contributed by atoms with Gasteiger partial charge in [-0.05, 0) is 42.5 Å². The van der Waals surface area contributed by atoms with Crippen LogP contribution >= 0.6 is 0 Å². The van der Waals surface area contributed by atoms with Gasteiger partial charge in [0.25, 0.3) is 0 Å². The molecule has 6 nitrogen and oxygen atoms in total. The van der Waals surface area contributed by atoms with Gasteiger partial charge in [-0.3, -0.25) is 4.79 Å². The number of amides is 1. The van der Waals surface area contributed by atoms with Crippen LogP contribution in [0.15, 0.2) is 72.3 Å².